The van der Waals surface area contributed by atoms with Crippen molar-refractivity contribution in [1.82, 2.24) is 4.98 Å². The molecule has 0 spiro atoms. The molecule has 0 aliphatic carbocycles. The van der Waals surface area contributed by atoms with E-state index in [4.69, 9.17) is 30.5 Å². The molecule has 0 radical (unpaired) electrons. The smallest absolute Gasteiger partial charge is 0.301 e. The first-order valence-corrected chi connectivity index (χ1v) is 14.8. The number of carbonyl (C=O) groups excluding carboxylic acids is 2. The van der Waals surface area contributed by atoms with Crippen LogP contribution in [0.15, 0.2) is 60.2 Å². The highest BCUT2D eigenvalue weighted by molar-refractivity contribution is 7.22. The van der Waals surface area contributed by atoms with E-state index < -0.39 is 17.7 Å². The quantitative estimate of drug-likeness (QED) is 0.137. The van der Waals surface area contributed by atoms with E-state index in [2.05, 4.69) is 4.98 Å². The van der Waals surface area contributed by atoms with Crippen LogP contribution >= 0.6 is 22.9 Å². The van der Waals surface area contributed by atoms with E-state index in [1.807, 2.05) is 13.8 Å². The predicted molar refractivity (Wildman–Crippen MR) is 160 cm³/mol. The summed E-state index contributed by atoms with van der Waals surface area (Å²) in [5.74, 6) is -0.0128. The van der Waals surface area contributed by atoms with Gasteiger partial charge >= 0.3 is 5.91 Å². The average Bonchev–Trinajstić information content (AvgIpc) is 3.53. The number of anilines is 1. The summed E-state index contributed by atoms with van der Waals surface area (Å²) in [4.78, 5) is 33.4. The van der Waals surface area contributed by atoms with E-state index in [1.165, 1.54) is 16.2 Å². The molecule has 3 aromatic carbocycles. The largest absolute Gasteiger partial charge is 0.507 e. The van der Waals surface area contributed by atoms with Crippen molar-refractivity contribution in [3.05, 3.63) is 76.3 Å². The maximum absolute atomic E-state index is 13.7. The van der Waals surface area contributed by atoms with Gasteiger partial charge in [0.1, 0.15) is 19.0 Å². The third-order valence-electron chi connectivity index (χ3n) is 6.85. The van der Waals surface area contributed by atoms with Gasteiger partial charge in [-0.15, -0.1) is 0 Å². The fourth-order valence-corrected chi connectivity index (χ4v) is 6.24. The molecule has 1 unspecified atom stereocenters. The number of nitrogens with zero attached hydrogens (tertiary/aromatic N) is 2. The lowest BCUT2D eigenvalue weighted by Crippen LogP contribution is -2.29. The number of hydrogen-bond donors (Lipinski definition) is 1. The fourth-order valence-electron chi connectivity index (χ4n) is 4.98. The van der Waals surface area contributed by atoms with Crippen molar-refractivity contribution in [3.63, 3.8) is 0 Å². The van der Waals surface area contributed by atoms with Crippen LogP contribution in [0.2, 0.25) is 5.02 Å². The summed E-state index contributed by atoms with van der Waals surface area (Å²) in [6, 6.07) is 14.4. The maximum atomic E-state index is 13.7. The second-order valence-corrected chi connectivity index (χ2v) is 11.1. The highest BCUT2D eigenvalue weighted by Gasteiger charge is 2.48. The second-order valence-electron chi connectivity index (χ2n) is 9.62. The number of Topliss-reactive ketones (excluding diaryl/α,β-unsaturated/α-hetero) is 1. The van der Waals surface area contributed by atoms with E-state index in [1.54, 1.807) is 54.6 Å². The number of aliphatic hydroxyl groups excluding tert-OH is 1. The van der Waals surface area contributed by atoms with Gasteiger partial charge in [0.05, 0.1) is 35.0 Å². The highest BCUT2D eigenvalue weighted by atomic mass is 35.5. The van der Waals surface area contributed by atoms with Crippen LogP contribution in [0.4, 0.5) is 5.13 Å². The zero-order valence-corrected chi connectivity index (χ0v) is 24.5. The van der Waals surface area contributed by atoms with E-state index in [0.717, 1.165) is 11.1 Å². The maximum Gasteiger partial charge on any atom is 0.301 e. The highest BCUT2D eigenvalue weighted by Crippen LogP contribution is 2.46. The van der Waals surface area contributed by atoms with E-state index in [0.29, 0.717) is 76.2 Å². The minimum absolute atomic E-state index is 0.0846. The summed E-state index contributed by atoms with van der Waals surface area (Å²) in [5, 5.41) is 12.4. The van der Waals surface area contributed by atoms with Crippen LogP contribution in [0.5, 0.6) is 23.0 Å². The third-order valence-corrected chi connectivity index (χ3v) is 8.10. The first-order chi connectivity index (χ1) is 20.4. The number of aliphatic hydroxyl groups is 1. The molecule has 1 atom stereocenters. The molecule has 9 nitrogen and oxygen atoms in total. The van der Waals surface area contributed by atoms with Gasteiger partial charge in [0, 0.05) is 10.6 Å². The van der Waals surface area contributed by atoms with E-state index in [-0.39, 0.29) is 11.3 Å². The third kappa shape index (κ3) is 5.01. The molecule has 3 heterocycles. The van der Waals surface area contributed by atoms with Crippen LogP contribution < -0.4 is 23.8 Å². The van der Waals surface area contributed by atoms with Crippen molar-refractivity contribution in [1.29, 1.82) is 0 Å². The molecule has 42 heavy (non-hydrogen) atoms. The lowest BCUT2D eigenvalue weighted by atomic mass is 9.95. The van der Waals surface area contributed by atoms with Crippen molar-refractivity contribution >= 4 is 55.7 Å². The number of ether oxygens (including phenoxy) is 4. The van der Waals surface area contributed by atoms with Gasteiger partial charge in [-0.05, 0) is 67.4 Å². The first-order valence-electron chi connectivity index (χ1n) is 13.6. The van der Waals surface area contributed by atoms with Crippen LogP contribution in [-0.4, -0.2) is 48.2 Å². The van der Waals surface area contributed by atoms with Crippen molar-refractivity contribution < 1.29 is 33.6 Å². The van der Waals surface area contributed by atoms with Gasteiger partial charge in [-0.25, -0.2) is 4.98 Å². The number of carbonyl (C=O) groups is 2. The molecule has 1 fully saturated rings. The van der Waals surface area contributed by atoms with Gasteiger partial charge in [-0.2, -0.15) is 0 Å². The van der Waals surface area contributed by atoms with Crippen LogP contribution in [0.3, 0.4) is 0 Å². The molecule has 6 rings (SSSR count). The number of rotatable bonds is 8. The van der Waals surface area contributed by atoms with Crippen molar-refractivity contribution in [2.45, 2.75) is 26.3 Å². The Labute approximate surface area is 250 Å². The van der Waals surface area contributed by atoms with Crippen molar-refractivity contribution in [3.8, 4) is 23.0 Å². The molecule has 0 bridgehead atoms. The zero-order valence-electron chi connectivity index (χ0n) is 22.9. The Kier molecular flexibility index (Phi) is 7.66. The topological polar surface area (TPSA) is 107 Å². The number of thiazole rings is 1. The Balaban J connectivity index is 1.53. The van der Waals surface area contributed by atoms with E-state index in [9.17, 15) is 14.7 Å². The van der Waals surface area contributed by atoms with Crippen LogP contribution in [0.1, 0.15) is 37.4 Å². The normalized spacial score (nSPS) is 17.6. The molecule has 11 heteroatoms. The first kappa shape index (κ1) is 27.9. The van der Waals surface area contributed by atoms with Crippen LogP contribution in [0, 0.1) is 0 Å². The Bertz CT molecular complexity index is 1730. The summed E-state index contributed by atoms with van der Waals surface area (Å²) in [6.45, 7) is 5.51. The molecule has 4 aromatic rings. The number of amides is 1. The number of fused-ring (bicyclic) bond motifs is 2. The lowest BCUT2D eigenvalue weighted by Gasteiger charge is -2.24. The molecular weight excluding hydrogens is 580 g/mol. The Morgan fingerprint density at radius 1 is 1.02 bits per heavy atom. The standard InChI is InChI=1S/C31H27ClN2O7S/c1-3-11-39-21-9-5-17(14-23(21)38-4-2)27-26(28(35)18-6-10-22-24(15-18)41-13-12-40-22)29(36)30(37)34(27)31-33-20-8-7-19(32)16-25(20)42-31/h5-10,14-16,27,35H,3-4,11-13H2,1-2H3/b28-26-. The zero-order chi connectivity index (χ0) is 29.4. The van der Waals surface area contributed by atoms with Crippen LogP contribution in [0.25, 0.3) is 16.0 Å². The van der Waals surface area contributed by atoms with Gasteiger partial charge in [0.2, 0.25) is 0 Å². The molecular formula is C31H27ClN2O7S. The molecule has 1 saturated heterocycles. The average molecular weight is 607 g/mol. The molecule has 216 valence electrons. The summed E-state index contributed by atoms with van der Waals surface area (Å²) in [7, 11) is 0. The molecule has 2 aliphatic rings. The minimum atomic E-state index is -1.01. The van der Waals surface area contributed by atoms with E-state index >= 15 is 0 Å². The molecule has 0 saturated carbocycles. The van der Waals surface area contributed by atoms with Crippen molar-refractivity contribution in [2.24, 2.45) is 0 Å². The number of ketones is 1. The monoisotopic (exact) mass is 606 g/mol. The van der Waals surface area contributed by atoms with Gasteiger partial charge in [-0.1, -0.05) is 35.9 Å². The Morgan fingerprint density at radius 3 is 2.62 bits per heavy atom. The molecule has 2 aliphatic heterocycles. The predicted octanol–water partition coefficient (Wildman–Crippen LogP) is 6.53. The summed E-state index contributed by atoms with van der Waals surface area (Å²) < 4.78 is 23.8. The molecule has 1 amide bonds. The van der Waals surface area contributed by atoms with Crippen LogP contribution in [-0.2, 0) is 9.59 Å². The fraction of sp³-hybridized carbons (Fsp3) is 0.258. The van der Waals surface area contributed by atoms with Gasteiger partial charge < -0.3 is 24.1 Å². The Hall–Kier alpha value is -4.28. The number of aromatic nitrogens is 1. The Morgan fingerprint density at radius 2 is 1.83 bits per heavy atom. The minimum Gasteiger partial charge on any atom is -0.507 e. The number of halogens is 1. The number of benzene rings is 3. The van der Waals surface area contributed by atoms with Gasteiger partial charge in [-0.3, -0.25) is 14.5 Å². The van der Waals surface area contributed by atoms with Gasteiger partial charge in [0.25, 0.3) is 5.78 Å². The summed E-state index contributed by atoms with van der Waals surface area (Å²) in [5.41, 5.74) is 1.40. The SMILES string of the molecule is CCCOc1ccc(C2/C(=C(/O)c3ccc4c(c3)OCCO4)C(=O)C(=O)N2c2nc3ccc(Cl)cc3s2)cc1OCC. The number of hydrogen-bond acceptors (Lipinski definition) is 9. The van der Waals surface area contributed by atoms with Gasteiger partial charge in [0.15, 0.2) is 28.1 Å². The molecule has 1 aromatic heterocycles. The van der Waals surface area contributed by atoms with Crippen molar-refractivity contribution in [2.75, 3.05) is 31.3 Å². The summed E-state index contributed by atoms with van der Waals surface area (Å²) >= 11 is 7.43. The second kappa shape index (κ2) is 11.5. The lowest BCUT2D eigenvalue weighted by molar-refractivity contribution is -0.132. The molecule has 1 N–H and O–H groups in total. The summed E-state index contributed by atoms with van der Waals surface area (Å²) in [6.07, 6.45) is 0.810.